The molecule has 2 heterocycles. The van der Waals surface area contributed by atoms with E-state index >= 15 is 0 Å². The molecule has 8 heteroatoms. The number of anilines is 2. The van der Waals surface area contributed by atoms with E-state index in [1.165, 1.54) is 0 Å². The Hall–Kier alpha value is -1.76. The van der Waals surface area contributed by atoms with E-state index in [1.54, 1.807) is 10.7 Å². The first kappa shape index (κ1) is 16.1. The quantitative estimate of drug-likeness (QED) is 0.751. The number of aromatic nitrogens is 2. The molecular weight excluding hydrogens is 355 g/mol. The highest BCUT2D eigenvalue weighted by molar-refractivity contribution is 7.20. The van der Waals surface area contributed by atoms with Crippen LogP contribution in [0.2, 0.25) is 8.67 Å². The molecule has 1 amide bonds. The van der Waals surface area contributed by atoms with Crippen LogP contribution in [0.25, 0.3) is 10.9 Å². The fourth-order valence-corrected chi connectivity index (χ4v) is 3.88. The Morgan fingerprint density at radius 2 is 2.09 bits per heavy atom. The highest BCUT2D eigenvalue weighted by Crippen LogP contribution is 2.34. The predicted molar refractivity (Wildman–Crippen MR) is 97.3 cm³/mol. The number of hydrogen-bond acceptors (Lipinski definition) is 4. The van der Waals surface area contributed by atoms with Gasteiger partial charge in [0.1, 0.15) is 4.34 Å². The van der Waals surface area contributed by atoms with E-state index in [-0.39, 0.29) is 5.91 Å². The van der Waals surface area contributed by atoms with Gasteiger partial charge in [-0.25, -0.2) is 0 Å². The van der Waals surface area contributed by atoms with Crippen molar-refractivity contribution < 1.29 is 4.79 Å². The van der Waals surface area contributed by atoms with Gasteiger partial charge in [0.15, 0.2) is 5.82 Å². The zero-order chi connectivity index (χ0) is 16.7. The first-order valence-electron chi connectivity index (χ1n) is 6.77. The zero-order valence-electron chi connectivity index (χ0n) is 12.7. The number of thiophene rings is 1. The van der Waals surface area contributed by atoms with Crippen LogP contribution in [0, 0.1) is 0 Å². The summed E-state index contributed by atoms with van der Waals surface area (Å²) in [4.78, 5) is 14.5. The molecule has 2 aromatic heterocycles. The third kappa shape index (κ3) is 2.89. The molecule has 0 aliphatic heterocycles. The van der Waals surface area contributed by atoms with Gasteiger partial charge >= 0.3 is 0 Å². The van der Waals surface area contributed by atoms with E-state index in [0.29, 0.717) is 20.1 Å². The lowest BCUT2D eigenvalue weighted by molar-refractivity contribution is 0.102. The maximum absolute atomic E-state index is 12.5. The van der Waals surface area contributed by atoms with Gasteiger partial charge in [-0.2, -0.15) is 5.10 Å². The third-order valence-electron chi connectivity index (χ3n) is 3.47. The molecule has 0 aliphatic rings. The number of carbonyl (C=O) groups is 1. The SMILES string of the molecule is CN(C)c1cccc2c1c(NC(=O)c1cc(Cl)sc1Cl)nn2C. The third-order valence-corrected chi connectivity index (χ3v) is 4.96. The molecule has 0 unspecified atom stereocenters. The number of fused-ring (bicyclic) bond motifs is 1. The molecule has 0 atom stereocenters. The second kappa shape index (κ2) is 6.03. The van der Waals surface area contributed by atoms with E-state index in [0.717, 1.165) is 27.9 Å². The number of carbonyl (C=O) groups excluding carboxylic acids is 1. The van der Waals surface area contributed by atoms with Crippen molar-refractivity contribution in [1.29, 1.82) is 0 Å². The van der Waals surface area contributed by atoms with Crippen LogP contribution in [0.3, 0.4) is 0 Å². The van der Waals surface area contributed by atoms with Crippen molar-refractivity contribution in [3.05, 3.63) is 38.5 Å². The summed E-state index contributed by atoms with van der Waals surface area (Å²) in [6, 6.07) is 7.45. The highest BCUT2D eigenvalue weighted by Gasteiger charge is 2.19. The van der Waals surface area contributed by atoms with E-state index in [2.05, 4.69) is 10.4 Å². The molecule has 0 fully saturated rings. The second-order valence-corrected chi connectivity index (χ2v) is 7.52. The summed E-state index contributed by atoms with van der Waals surface area (Å²) in [5.41, 5.74) is 2.25. The van der Waals surface area contributed by atoms with Crippen LogP contribution in [0.5, 0.6) is 0 Å². The Morgan fingerprint density at radius 1 is 1.35 bits per heavy atom. The van der Waals surface area contributed by atoms with Gasteiger partial charge in [-0.1, -0.05) is 29.3 Å². The van der Waals surface area contributed by atoms with Crippen molar-refractivity contribution in [2.45, 2.75) is 0 Å². The number of halogens is 2. The summed E-state index contributed by atoms with van der Waals surface area (Å²) in [6.45, 7) is 0. The van der Waals surface area contributed by atoms with Gasteiger partial charge in [-0.05, 0) is 18.2 Å². The van der Waals surface area contributed by atoms with Crippen molar-refractivity contribution in [3.8, 4) is 0 Å². The van der Waals surface area contributed by atoms with Crippen molar-refractivity contribution in [1.82, 2.24) is 9.78 Å². The topological polar surface area (TPSA) is 50.2 Å². The van der Waals surface area contributed by atoms with Gasteiger partial charge < -0.3 is 10.2 Å². The Bertz CT molecular complexity index is 900. The summed E-state index contributed by atoms with van der Waals surface area (Å²) in [5, 5.41) is 8.14. The molecule has 1 N–H and O–H groups in total. The Labute approximate surface area is 147 Å². The van der Waals surface area contributed by atoms with Crippen LogP contribution in [0.4, 0.5) is 11.5 Å². The van der Waals surface area contributed by atoms with Crippen LogP contribution in [0.1, 0.15) is 10.4 Å². The van der Waals surface area contributed by atoms with Gasteiger partial charge in [0.25, 0.3) is 5.91 Å². The van der Waals surface area contributed by atoms with Gasteiger partial charge in [0.05, 0.1) is 20.8 Å². The van der Waals surface area contributed by atoms with Crippen LogP contribution < -0.4 is 10.2 Å². The molecular formula is C15H14Cl2N4OS. The summed E-state index contributed by atoms with van der Waals surface area (Å²) >= 11 is 13.1. The maximum Gasteiger partial charge on any atom is 0.259 e. The number of nitrogens with one attached hydrogen (secondary N) is 1. The van der Waals surface area contributed by atoms with Crippen molar-refractivity contribution >= 4 is 62.9 Å². The number of rotatable bonds is 3. The van der Waals surface area contributed by atoms with Crippen LogP contribution >= 0.6 is 34.5 Å². The molecule has 0 radical (unpaired) electrons. The van der Waals surface area contributed by atoms with Gasteiger partial charge in [-0.15, -0.1) is 11.3 Å². The zero-order valence-corrected chi connectivity index (χ0v) is 15.1. The number of benzene rings is 1. The van der Waals surface area contributed by atoms with Crippen molar-refractivity contribution in [2.75, 3.05) is 24.3 Å². The van der Waals surface area contributed by atoms with Crippen LogP contribution in [-0.2, 0) is 7.05 Å². The number of aryl methyl sites for hydroxylation is 1. The molecule has 3 aromatic rings. The van der Waals surface area contributed by atoms with E-state index in [4.69, 9.17) is 23.2 Å². The fourth-order valence-electron chi connectivity index (χ4n) is 2.42. The monoisotopic (exact) mass is 368 g/mol. The lowest BCUT2D eigenvalue weighted by atomic mass is 10.2. The van der Waals surface area contributed by atoms with Gasteiger partial charge in [0.2, 0.25) is 0 Å². The minimum absolute atomic E-state index is 0.327. The van der Waals surface area contributed by atoms with Crippen LogP contribution in [0.15, 0.2) is 24.3 Å². The normalized spacial score (nSPS) is 11.0. The minimum atomic E-state index is -0.327. The molecule has 3 rings (SSSR count). The summed E-state index contributed by atoms with van der Waals surface area (Å²) in [5.74, 6) is 0.168. The lowest BCUT2D eigenvalue weighted by Crippen LogP contribution is -2.13. The number of nitrogens with zero attached hydrogens (tertiary/aromatic N) is 3. The second-order valence-electron chi connectivity index (χ2n) is 5.23. The molecule has 5 nitrogen and oxygen atoms in total. The van der Waals surface area contributed by atoms with E-state index in [9.17, 15) is 4.79 Å². The minimum Gasteiger partial charge on any atom is -0.377 e. The number of hydrogen-bond donors (Lipinski definition) is 1. The number of amides is 1. The predicted octanol–water partition coefficient (Wildman–Crippen LogP) is 4.26. The average Bonchev–Trinajstić information content (AvgIpc) is 2.99. The first-order valence-corrected chi connectivity index (χ1v) is 8.35. The van der Waals surface area contributed by atoms with Gasteiger partial charge in [-0.3, -0.25) is 9.48 Å². The smallest absolute Gasteiger partial charge is 0.259 e. The Kier molecular flexibility index (Phi) is 4.23. The highest BCUT2D eigenvalue weighted by atomic mass is 35.5. The summed E-state index contributed by atoms with van der Waals surface area (Å²) in [6.07, 6.45) is 0. The van der Waals surface area contributed by atoms with Crippen molar-refractivity contribution in [3.63, 3.8) is 0 Å². The molecule has 0 saturated heterocycles. The van der Waals surface area contributed by atoms with E-state index in [1.807, 2.05) is 44.2 Å². The average molecular weight is 369 g/mol. The maximum atomic E-state index is 12.5. The molecule has 0 aliphatic carbocycles. The largest absolute Gasteiger partial charge is 0.377 e. The van der Waals surface area contributed by atoms with E-state index < -0.39 is 0 Å². The Balaban J connectivity index is 2.07. The standard InChI is InChI=1S/C15H14Cl2N4OS/c1-20(2)9-5-4-6-10-12(9)14(19-21(10)3)18-15(22)8-7-11(16)23-13(8)17/h4-7H,1-3H3,(H,18,19,22). The fraction of sp³-hybridized carbons (Fsp3) is 0.200. The molecule has 1 aromatic carbocycles. The molecule has 120 valence electrons. The first-order chi connectivity index (χ1) is 10.9. The van der Waals surface area contributed by atoms with Crippen molar-refractivity contribution in [2.24, 2.45) is 7.05 Å². The molecule has 0 saturated carbocycles. The van der Waals surface area contributed by atoms with Crippen LogP contribution in [-0.4, -0.2) is 29.8 Å². The summed E-state index contributed by atoms with van der Waals surface area (Å²) in [7, 11) is 5.73. The Morgan fingerprint density at radius 3 is 2.70 bits per heavy atom. The molecule has 0 spiro atoms. The lowest BCUT2D eigenvalue weighted by Gasteiger charge is -2.14. The molecule has 0 bridgehead atoms. The molecule has 23 heavy (non-hydrogen) atoms. The van der Waals surface area contributed by atoms with Gasteiger partial charge in [0, 0.05) is 26.8 Å². The summed E-state index contributed by atoms with van der Waals surface area (Å²) < 4.78 is 2.57.